The summed E-state index contributed by atoms with van der Waals surface area (Å²) in [7, 11) is 0. The summed E-state index contributed by atoms with van der Waals surface area (Å²) >= 11 is 5.88. The number of halogens is 1. The molecule has 0 fully saturated rings. The number of carbonyl (C=O) groups excluding carboxylic acids is 1. The summed E-state index contributed by atoms with van der Waals surface area (Å²) in [6.45, 7) is 3.42. The fourth-order valence-corrected chi connectivity index (χ4v) is 1.04. The van der Waals surface area contributed by atoms with E-state index in [2.05, 4.69) is 10.2 Å². The van der Waals surface area contributed by atoms with Crippen LogP contribution in [0, 0.1) is 0 Å². The topological polar surface area (TPSA) is 51.0 Å². The van der Waals surface area contributed by atoms with Crippen LogP contribution in [0.1, 0.15) is 13.8 Å². The highest BCUT2D eigenvalue weighted by Crippen LogP contribution is 2.21. The van der Waals surface area contributed by atoms with E-state index in [0.29, 0.717) is 5.69 Å². The van der Waals surface area contributed by atoms with Crippen LogP contribution in [-0.2, 0) is 9.53 Å². The third-order valence-electron chi connectivity index (χ3n) is 1.76. The number of hydrogen-bond acceptors (Lipinski definition) is 4. The third kappa shape index (κ3) is 3.62. The molecule has 0 heterocycles. The average Bonchev–Trinajstić information content (AvgIpc) is 2.28. The third-order valence-corrected chi connectivity index (χ3v) is 1.99. The maximum absolute atomic E-state index is 11.4. The van der Waals surface area contributed by atoms with Gasteiger partial charge in [0.25, 0.3) is 0 Å². The van der Waals surface area contributed by atoms with Crippen LogP contribution < -0.4 is 0 Å². The molecule has 0 radical (unpaired) electrons. The second-order valence-electron chi connectivity index (χ2n) is 3.21. The van der Waals surface area contributed by atoms with Gasteiger partial charge in [-0.15, -0.1) is 0 Å². The zero-order valence-corrected chi connectivity index (χ0v) is 9.94. The minimum absolute atomic E-state index is 0.266. The quantitative estimate of drug-likeness (QED) is 0.351. The smallest absolute Gasteiger partial charge is 0.351 e. The fraction of sp³-hybridized carbons (Fsp3) is 0.364. The van der Waals surface area contributed by atoms with E-state index < -0.39 is 11.0 Å². The molecule has 0 N–H and O–H groups in total. The molecule has 0 spiro atoms. The number of benzene rings is 1. The lowest BCUT2D eigenvalue weighted by atomic mass is 10.3. The van der Waals surface area contributed by atoms with Gasteiger partial charge < -0.3 is 4.74 Å². The second kappa shape index (κ2) is 5.61. The van der Waals surface area contributed by atoms with Crippen LogP contribution in [0.15, 0.2) is 40.6 Å². The minimum Gasteiger partial charge on any atom is -0.463 e. The first kappa shape index (κ1) is 12.6. The lowest BCUT2D eigenvalue weighted by molar-refractivity contribution is -0.145. The van der Waals surface area contributed by atoms with Gasteiger partial charge in [0.15, 0.2) is 0 Å². The highest BCUT2D eigenvalue weighted by molar-refractivity contribution is 6.33. The van der Waals surface area contributed by atoms with Gasteiger partial charge in [0.1, 0.15) is 0 Å². The van der Waals surface area contributed by atoms with Gasteiger partial charge in [-0.25, -0.2) is 4.79 Å². The number of nitrogens with zero attached hydrogens (tertiary/aromatic N) is 2. The van der Waals surface area contributed by atoms with Gasteiger partial charge >= 0.3 is 5.97 Å². The van der Waals surface area contributed by atoms with Crippen molar-refractivity contribution in [2.45, 2.75) is 18.8 Å². The summed E-state index contributed by atoms with van der Waals surface area (Å²) in [6, 6.07) is 9.04. The molecular formula is C11H13ClN2O2. The highest BCUT2D eigenvalue weighted by Gasteiger charge is 2.32. The van der Waals surface area contributed by atoms with Crippen molar-refractivity contribution in [3.8, 4) is 0 Å². The van der Waals surface area contributed by atoms with E-state index in [9.17, 15) is 4.79 Å². The SMILES string of the molecule is CCOC(=O)C(C)(Cl)/N=N/c1ccccc1. The normalized spacial score (nSPS) is 14.7. The molecule has 0 aliphatic carbocycles. The Morgan fingerprint density at radius 2 is 2.06 bits per heavy atom. The number of alkyl halides is 1. The van der Waals surface area contributed by atoms with Crippen molar-refractivity contribution in [2.75, 3.05) is 6.61 Å². The van der Waals surface area contributed by atoms with Crippen molar-refractivity contribution < 1.29 is 9.53 Å². The van der Waals surface area contributed by atoms with Crippen LogP contribution in [0.4, 0.5) is 5.69 Å². The van der Waals surface area contributed by atoms with E-state index in [0.717, 1.165) is 0 Å². The molecule has 0 aromatic heterocycles. The van der Waals surface area contributed by atoms with Gasteiger partial charge in [-0.05, 0) is 26.0 Å². The molecule has 0 saturated carbocycles. The molecular weight excluding hydrogens is 228 g/mol. The Morgan fingerprint density at radius 3 is 2.62 bits per heavy atom. The maximum atomic E-state index is 11.4. The molecule has 1 atom stereocenters. The monoisotopic (exact) mass is 240 g/mol. The molecule has 16 heavy (non-hydrogen) atoms. The Morgan fingerprint density at radius 1 is 1.44 bits per heavy atom. The molecule has 0 bridgehead atoms. The van der Waals surface area contributed by atoms with Crippen molar-refractivity contribution in [1.82, 2.24) is 0 Å². The van der Waals surface area contributed by atoms with Gasteiger partial charge in [0.05, 0.1) is 12.3 Å². The predicted molar refractivity (Wildman–Crippen MR) is 61.8 cm³/mol. The first-order chi connectivity index (χ1) is 7.56. The van der Waals surface area contributed by atoms with E-state index >= 15 is 0 Å². The van der Waals surface area contributed by atoms with E-state index in [1.807, 2.05) is 18.2 Å². The van der Waals surface area contributed by atoms with Crippen molar-refractivity contribution in [2.24, 2.45) is 10.2 Å². The lowest BCUT2D eigenvalue weighted by Gasteiger charge is -2.12. The summed E-state index contributed by atoms with van der Waals surface area (Å²) < 4.78 is 4.77. The summed E-state index contributed by atoms with van der Waals surface area (Å²) in [5.74, 6) is -0.601. The number of rotatable bonds is 4. The van der Waals surface area contributed by atoms with Crippen molar-refractivity contribution in [3.05, 3.63) is 30.3 Å². The fourth-order valence-electron chi connectivity index (χ4n) is 0.950. The van der Waals surface area contributed by atoms with Gasteiger partial charge in [-0.3, -0.25) is 0 Å². The second-order valence-corrected chi connectivity index (χ2v) is 3.95. The molecule has 1 aromatic carbocycles. The van der Waals surface area contributed by atoms with E-state index in [-0.39, 0.29) is 6.61 Å². The Bertz CT molecular complexity index is 377. The van der Waals surface area contributed by atoms with Gasteiger partial charge in [-0.1, -0.05) is 29.8 Å². The van der Waals surface area contributed by atoms with Crippen LogP contribution in [0.3, 0.4) is 0 Å². The number of esters is 1. The minimum atomic E-state index is -1.47. The molecule has 1 rings (SSSR count). The summed E-state index contributed by atoms with van der Waals surface area (Å²) in [6.07, 6.45) is 0. The van der Waals surface area contributed by atoms with Crippen LogP contribution in [0.2, 0.25) is 0 Å². The van der Waals surface area contributed by atoms with E-state index in [1.165, 1.54) is 6.92 Å². The van der Waals surface area contributed by atoms with Crippen LogP contribution in [0.25, 0.3) is 0 Å². The Hall–Kier alpha value is -1.42. The van der Waals surface area contributed by atoms with E-state index in [4.69, 9.17) is 16.3 Å². The number of ether oxygens (including phenoxy) is 1. The van der Waals surface area contributed by atoms with Crippen LogP contribution in [-0.4, -0.2) is 17.6 Å². The molecule has 4 nitrogen and oxygen atoms in total. The molecule has 0 saturated heterocycles. The van der Waals surface area contributed by atoms with Crippen molar-refractivity contribution in [3.63, 3.8) is 0 Å². The molecule has 5 heteroatoms. The van der Waals surface area contributed by atoms with Crippen LogP contribution in [0.5, 0.6) is 0 Å². The Kier molecular flexibility index (Phi) is 4.43. The van der Waals surface area contributed by atoms with Gasteiger partial charge in [0.2, 0.25) is 5.00 Å². The number of hydrogen-bond donors (Lipinski definition) is 0. The summed E-state index contributed by atoms with van der Waals surface area (Å²) in [5, 5.41) is 7.63. The largest absolute Gasteiger partial charge is 0.463 e. The number of azo groups is 1. The summed E-state index contributed by atoms with van der Waals surface area (Å²) in [4.78, 5) is 9.91. The van der Waals surface area contributed by atoms with Crippen molar-refractivity contribution in [1.29, 1.82) is 0 Å². The standard InChI is InChI=1S/C11H13ClN2O2/c1-3-16-10(15)11(2,12)14-13-9-7-5-4-6-8-9/h4-8H,3H2,1-2H3/b14-13+. The Balaban J connectivity index is 2.72. The average molecular weight is 241 g/mol. The molecule has 86 valence electrons. The first-order valence-electron chi connectivity index (χ1n) is 4.90. The molecule has 0 aliphatic rings. The van der Waals surface area contributed by atoms with Crippen LogP contribution >= 0.6 is 11.6 Å². The molecule has 1 unspecified atom stereocenters. The lowest BCUT2D eigenvalue weighted by Crippen LogP contribution is -2.28. The number of carbonyl (C=O) groups is 1. The van der Waals surface area contributed by atoms with Crippen molar-refractivity contribution >= 4 is 23.3 Å². The van der Waals surface area contributed by atoms with Gasteiger partial charge in [0, 0.05) is 0 Å². The Labute approximate surface area is 99.3 Å². The molecule has 0 amide bonds. The molecule has 1 aromatic rings. The zero-order chi connectivity index (χ0) is 12.0. The maximum Gasteiger partial charge on any atom is 0.351 e. The predicted octanol–water partition coefficient (Wildman–Crippen LogP) is 3.29. The van der Waals surface area contributed by atoms with E-state index in [1.54, 1.807) is 19.1 Å². The molecule has 0 aliphatic heterocycles. The zero-order valence-electron chi connectivity index (χ0n) is 9.18. The van der Waals surface area contributed by atoms with Gasteiger partial charge in [-0.2, -0.15) is 10.2 Å². The summed E-state index contributed by atoms with van der Waals surface area (Å²) in [5.41, 5.74) is 0.638. The highest BCUT2D eigenvalue weighted by atomic mass is 35.5. The first-order valence-corrected chi connectivity index (χ1v) is 5.28.